The number of hydrogen-bond donors (Lipinski definition) is 1. The quantitative estimate of drug-likeness (QED) is 0.886. The third-order valence-electron chi connectivity index (χ3n) is 2.36. The van der Waals surface area contributed by atoms with Crippen LogP contribution >= 0.6 is 0 Å². The van der Waals surface area contributed by atoms with Crippen molar-refractivity contribution in [1.82, 2.24) is 5.16 Å². The highest BCUT2D eigenvalue weighted by atomic mass is 19.1. The molecule has 0 aliphatic rings. The fourth-order valence-electron chi connectivity index (χ4n) is 1.51. The molecule has 2 rings (SSSR count). The summed E-state index contributed by atoms with van der Waals surface area (Å²) in [6.45, 7) is 0. The lowest BCUT2D eigenvalue weighted by Gasteiger charge is -2.09. The molecule has 0 aliphatic carbocycles. The zero-order valence-electron chi connectivity index (χ0n) is 9.36. The molecule has 6 heteroatoms. The number of ether oxygens (including phenoxy) is 2. The molecule has 0 unspecified atom stereocenters. The first kappa shape index (κ1) is 11.3. The van der Waals surface area contributed by atoms with E-state index in [2.05, 4.69) is 5.16 Å². The number of aromatic nitrogens is 1. The highest BCUT2D eigenvalue weighted by Gasteiger charge is 2.16. The van der Waals surface area contributed by atoms with Gasteiger partial charge in [0.15, 0.2) is 11.5 Å². The van der Waals surface area contributed by atoms with E-state index in [1.54, 1.807) is 0 Å². The first-order valence-electron chi connectivity index (χ1n) is 4.79. The summed E-state index contributed by atoms with van der Waals surface area (Å²) in [6.07, 6.45) is 1.35. The molecule has 0 radical (unpaired) electrons. The first-order valence-corrected chi connectivity index (χ1v) is 4.79. The Morgan fingerprint density at radius 2 is 1.82 bits per heavy atom. The molecular weight excluding hydrogens is 227 g/mol. The largest absolute Gasteiger partial charge is 0.493 e. The zero-order chi connectivity index (χ0) is 12.4. The van der Waals surface area contributed by atoms with Crippen LogP contribution in [-0.4, -0.2) is 19.4 Å². The molecular formula is C11H11FN2O3. The second kappa shape index (κ2) is 4.32. The van der Waals surface area contributed by atoms with Crippen molar-refractivity contribution >= 4 is 5.88 Å². The van der Waals surface area contributed by atoms with Crippen LogP contribution in [0.3, 0.4) is 0 Å². The molecule has 0 atom stereocenters. The van der Waals surface area contributed by atoms with Crippen LogP contribution in [0, 0.1) is 5.82 Å². The summed E-state index contributed by atoms with van der Waals surface area (Å²) in [5.41, 5.74) is 6.17. The van der Waals surface area contributed by atoms with E-state index in [0.29, 0.717) is 17.1 Å². The van der Waals surface area contributed by atoms with Gasteiger partial charge < -0.3 is 19.7 Å². The molecule has 0 saturated carbocycles. The smallest absolute Gasteiger partial charge is 0.230 e. The molecule has 0 bridgehead atoms. The summed E-state index contributed by atoms with van der Waals surface area (Å²) < 4.78 is 28.6. The average Bonchev–Trinajstić information content (AvgIpc) is 2.75. The van der Waals surface area contributed by atoms with E-state index < -0.39 is 5.82 Å². The number of benzene rings is 1. The number of rotatable bonds is 3. The predicted octanol–water partition coefficient (Wildman–Crippen LogP) is 2.08. The second-order valence-corrected chi connectivity index (χ2v) is 3.29. The lowest BCUT2D eigenvalue weighted by atomic mass is 10.1. The minimum Gasteiger partial charge on any atom is -0.493 e. The summed E-state index contributed by atoms with van der Waals surface area (Å²) in [5.74, 6) is 0.280. The molecule has 1 aromatic heterocycles. The predicted molar refractivity (Wildman–Crippen MR) is 59.4 cm³/mol. The Kier molecular flexibility index (Phi) is 2.86. The fraction of sp³-hybridized carbons (Fsp3) is 0.182. The number of anilines is 1. The lowest BCUT2D eigenvalue weighted by Crippen LogP contribution is -1.94. The summed E-state index contributed by atoms with van der Waals surface area (Å²) in [4.78, 5) is 0. The van der Waals surface area contributed by atoms with E-state index in [1.807, 2.05) is 0 Å². The topological polar surface area (TPSA) is 70.5 Å². The number of nitrogens with zero attached hydrogens (tertiary/aromatic N) is 1. The molecule has 0 fully saturated rings. The summed E-state index contributed by atoms with van der Waals surface area (Å²) in [7, 11) is 2.90. The molecule has 1 aromatic carbocycles. The van der Waals surface area contributed by atoms with Gasteiger partial charge in [0.25, 0.3) is 0 Å². The van der Waals surface area contributed by atoms with Crippen LogP contribution in [0.1, 0.15) is 0 Å². The maximum Gasteiger partial charge on any atom is 0.230 e. The summed E-state index contributed by atoms with van der Waals surface area (Å²) in [6, 6.07) is 2.71. The van der Waals surface area contributed by atoms with E-state index in [9.17, 15) is 4.39 Å². The number of methoxy groups -OCH3 is 2. The van der Waals surface area contributed by atoms with Crippen LogP contribution in [0.25, 0.3) is 11.1 Å². The minimum absolute atomic E-state index is 0.0520. The Balaban J connectivity index is 2.59. The van der Waals surface area contributed by atoms with Crippen LogP contribution in [-0.2, 0) is 0 Å². The first-order chi connectivity index (χ1) is 8.17. The molecule has 1 heterocycles. The molecule has 0 spiro atoms. The van der Waals surface area contributed by atoms with Crippen molar-refractivity contribution in [3.63, 3.8) is 0 Å². The molecule has 0 amide bonds. The molecule has 0 saturated heterocycles. The Bertz CT molecular complexity index is 540. The number of halogens is 1. The van der Waals surface area contributed by atoms with Gasteiger partial charge in [0.2, 0.25) is 5.88 Å². The molecule has 17 heavy (non-hydrogen) atoms. The van der Waals surface area contributed by atoms with Gasteiger partial charge in [0, 0.05) is 11.6 Å². The van der Waals surface area contributed by atoms with Crippen molar-refractivity contribution in [2.45, 2.75) is 0 Å². The van der Waals surface area contributed by atoms with Crippen LogP contribution in [0.15, 0.2) is 22.9 Å². The van der Waals surface area contributed by atoms with Crippen LogP contribution in [0.4, 0.5) is 10.3 Å². The van der Waals surface area contributed by atoms with Gasteiger partial charge in [-0.1, -0.05) is 5.16 Å². The molecule has 0 aliphatic heterocycles. The Labute approximate surface area is 96.9 Å². The standard InChI is InChI=1S/C11H11FN2O3/c1-15-9-3-6(7-5-14-17-11(7)13)8(12)4-10(9)16-2/h3-5H,13H2,1-2H3. The van der Waals surface area contributed by atoms with E-state index >= 15 is 0 Å². The van der Waals surface area contributed by atoms with E-state index in [-0.39, 0.29) is 11.4 Å². The number of nitrogen functional groups attached to an aromatic ring is 1. The Hall–Kier alpha value is -2.24. The number of hydrogen-bond acceptors (Lipinski definition) is 5. The fourth-order valence-corrected chi connectivity index (χ4v) is 1.51. The average molecular weight is 238 g/mol. The van der Waals surface area contributed by atoms with Gasteiger partial charge in [0.05, 0.1) is 26.0 Å². The van der Waals surface area contributed by atoms with Gasteiger partial charge in [-0.3, -0.25) is 0 Å². The summed E-state index contributed by atoms with van der Waals surface area (Å²) >= 11 is 0. The van der Waals surface area contributed by atoms with Crippen molar-refractivity contribution in [2.24, 2.45) is 0 Å². The normalized spacial score (nSPS) is 10.3. The van der Waals surface area contributed by atoms with Gasteiger partial charge in [-0.2, -0.15) is 0 Å². The summed E-state index contributed by atoms with van der Waals surface area (Å²) in [5, 5.41) is 3.50. The SMILES string of the molecule is COc1cc(F)c(-c2cnoc2N)cc1OC. The third kappa shape index (κ3) is 1.89. The van der Waals surface area contributed by atoms with Crippen LogP contribution < -0.4 is 15.2 Å². The highest BCUT2D eigenvalue weighted by molar-refractivity contribution is 5.74. The van der Waals surface area contributed by atoms with Gasteiger partial charge in [-0.15, -0.1) is 0 Å². The molecule has 5 nitrogen and oxygen atoms in total. The maximum absolute atomic E-state index is 13.8. The maximum atomic E-state index is 13.8. The molecule has 2 N–H and O–H groups in total. The van der Waals surface area contributed by atoms with E-state index in [4.69, 9.17) is 19.7 Å². The zero-order valence-corrected chi connectivity index (χ0v) is 9.36. The third-order valence-corrected chi connectivity index (χ3v) is 2.36. The van der Waals surface area contributed by atoms with Crippen LogP contribution in [0.5, 0.6) is 11.5 Å². The Morgan fingerprint density at radius 3 is 2.35 bits per heavy atom. The van der Waals surface area contributed by atoms with Crippen molar-refractivity contribution in [3.8, 4) is 22.6 Å². The monoisotopic (exact) mass is 238 g/mol. The highest BCUT2D eigenvalue weighted by Crippen LogP contribution is 2.36. The second-order valence-electron chi connectivity index (χ2n) is 3.29. The Morgan fingerprint density at radius 1 is 1.18 bits per heavy atom. The molecule has 2 aromatic rings. The van der Waals surface area contributed by atoms with Crippen molar-refractivity contribution in [1.29, 1.82) is 0 Å². The molecule has 90 valence electrons. The van der Waals surface area contributed by atoms with Crippen LogP contribution in [0.2, 0.25) is 0 Å². The van der Waals surface area contributed by atoms with E-state index in [0.717, 1.165) is 0 Å². The van der Waals surface area contributed by atoms with Crippen molar-refractivity contribution in [3.05, 3.63) is 24.1 Å². The minimum atomic E-state index is -0.488. The van der Waals surface area contributed by atoms with Crippen molar-refractivity contribution in [2.75, 3.05) is 20.0 Å². The van der Waals surface area contributed by atoms with Gasteiger partial charge in [-0.25, -0.2) is 4.39 Å². The lowest BCUT2D eigenvalue weighted by molar-refractivity contribution is 0.352. The number of nitrogens with two attached hydrogens (primary N) is 1. The van der Waals surface area contributed by atoms with Gasteiger partial charge in [-0.05, 0) is 6.07 Å². The van der Waals surface area contributed by atoms with E-state index in [1.165, 1.54) is 32.5 Å². The van der Waals surface area contributed by atoms with Crippen molar-refractivity contribution < 1.29 is 18.4 Å². The van der Waals surface area contributed by atoms with Gasteiger partial charge in [0.1, 0.15) is 5.82 Å². The van der Waals surface area contributed by atoms with Gasteiger partial charge >= 0.3 is 0 Å².